The average molecular weight is 595 g/mol. The Hall–Kier alpha value is -6.20. The maximum Gasteiger partial charge on any atom is 0.265 e. The highest BCUT2D eigenvalue weighted by Crippen LogP contribution is 2.54. The van der Waals surface area contributed by atoms with Gasteiger partial charge < -0.3 is 9.25 Å². The van der Waals surface area contributed by atoms with Crippen LogP contribution in [0.4, 0.5) is 11.6 Å². The van der Waals surface area contributed by atoms with Crippen molar-refractivity contribution in [1.82, 2.24) is 9.97 Å². The van der Waals surface area contributed by atoms with E-state index in [1.165, 1.54) is 0 Å². The molecule has 0 atom stereocenters. The summed E-state index contributed by atoms with van der Waals surface area (Å²) in [4.78, 5) is 17.2. The van der Waals surface area contributed by atoms with E-state index in [4.69, 9.17) is 23.3 Å². The molecule has 9 aromatic rings. The topological polar surface area (TPSA) is 51.4 Å². The van der Waals surface area contributed by atoms with E-state index in [1.54, 1.807) is 17.2 Å². The van der Waals surface area contributed by atoms with Crippen LogP contribution in [-0.4, -0.2) is 9.97 Å². The van der Waals surface area contributed by atoms with Gasteiger partial charge in [0.1, 0.15) is 16.9 Å². The van der Waals surface area contributed by atoms with E-state index in [9.17, 15) is 0 Å². The first-order valence-electron chi connectivity index (χ1n) is 16.7. The Kier molecular flexibility index (Phi) is 4.56. The minimum Gasteiger partial charge on any atom is -0.455 e. The van der Waals surface area contributed by atoms with Gasteiger partial charge >= 0.3 is 0 Å². The van der Waals surface area contributed by atoms with Crippen LogP contribution in [0.2, 0.25) is 0 Å². The zero-order valence-electron chi connectivity index (χ0n) is 27.4. The molecule has 0 saturated carbocycles. The number of nitrogens with zero attached hydrogens (tertiary/aromatic N) is 3. The normalized spacial score (nSPS) is 13.8. The third-order valence-corrected chi connectivity index (χ3v) is 8.98. The van der Waals surface area contributed by atoms with Crippen LogP contribution in [0.5, 0.6) is 5.75 Å². The number of benzene rings is 7. The maximum atomic E-state index is 8.33. The van der Waals surface area contributed by atoms with Crippen LogP contribution in [0.3, 0.4) is 0 Å². The smallest absolute Gasteiger partial charge is 0.265 e. The monoisotopic (exact) mass is 594 g/mol. The summed E-state index contributed by atoms with van der Waals surface area (Å²) < 4.78 is 31.6. The van der Waals surface area contributed by atoms with E-state index >= 15 is 0 Å². The molecule has 2 aromatic heterocycles. The lowest BCUT2D eigenvalue weighted by molar-refractivity contribution is 0.316. The van der Waals surface area contributed by atoms with Crippen molar-refractivity contribution >= 4 is 66.0 Å². The minimum atomic E-state index is -2.35. The number of para-hydroxylation sites is 2. The number of fused-ring (bicyclic) bond motifs is 12. The minimum absolute atomic E-state index is 0.218. The lowest BCUT2D eigenvalue weighted by Crippen LogP contribution is -2.28. The fourth-order valence-electron chi connectivity index (χ4n) is 6.92. The molecule has 1 aliphatic heterocycles. The van der Waals surface area contributed by atoms with E-state index in [0.717, 1.165) is 65.7 Å². The average Bonchev–Trinajstić information content (AvgIpc) is 3.53. The van der Waals surface area contributed by atoms with Crippen LogP contribution in [0.15, 0.2) is 138 Å². The molecule has 5 heteroatoms. The molecule has 0 fully saturated rings. The van der Waals surface area contributed by atoms with E-state index < -0.39 is 6.85 Å². The number of rotatable bonds is 2. The fourth-order valence-corrected chi connectivity index (χ4v) is 6.92. The van der Waals surface area contributed by atoms with E-state index in [2.05, 4.69) is 42.5 Å². The standard InChI is InChI=1S/C41H25N3O2/c1-24-12-2-5-15-27(24)38-30-18-8-10-20-33(30)42-41(43-38)44-39-36(32-22-25-13-3-4-14-26(25)23-35(32)46-44)28-16-6-7-17-29(28)40-37(39)31-19-9-11-21-34(31)45-40/h2-23H,1H3/i1D3. The summed E-state index contributed by atoms with van der Waals surface area (Å²) in [5.41, 5.74) is 6.08. The molecule has 1 aliphatic rings. The van der Waals surface area contributed by atoms with Crippen molar-refractivity contribution < 1.29 is 13.4 Å². The highest BCUT2D eigenvalue weighted by atomic mass is 16.7. The number of aromatic nitrogens is 2. The van der Waals surface area contributed by atoms with Crippen molar-refractivity contribution in [1.29, 1.82) is 0 Å². The second kappa shape index (κ2) is 9.40. The Labute approximate surface area is 268 Å². The van der Waals surface area contributed by atoms with Gasteiger partial charge in [0.25, 0.3) is 5.95 Å². The Bertz CT molecular complexity index is 2820. The number of anilines is 2. The summed E-state index contributed by atoms with van der Waals surface area (Å²) in [6.07, 6.45) is 0. The highest BCUT2D eigenvalue weighted by molar-refractivity contribution is 6.27. The summed E-state index contributed by atoms with van der Waals surface area (Å²) in [7, 11) is 0. The quantitative estimate of drug-likeness (QED) is 0.199. The van der Waals surface area contributed by atoms with Crippen molar-refractivity contribution in [2.24, 2.45) is 0 Å². The van der Waals surface area contributed by atoms with Gasteiger partial charge in [-0.1, -0.05) is 109 Å². The maximum absolute atomic E-state index is 8.33. The number of aryl methyl sites for hydroxylation is 1. The molecule has 216 valence electrons. The highest BCUT2D eigenvalue weighted by Gasteiger charge is 2.34. The Morgan fingerprint density at radius 3 is 2.20 bits per heavy atom. The van der Waals surface area contributed by atoms with E-state index in [-0.39, 0.29) is 11.5 Å². The molecule has 0 aliphatic carbocycles. The van der Waals surface area contributed by atoms with Crippen molar-refractivity contribution in [3.63, 3.8) is 0 Å². The Balaban J connectivity index is 1.36. The largest absolute Gasteiger partial charge is 0.455 e. The summed E-state index contributed by atoms with van der Waals surface area (Å²) in [5, 5.41) is 8.38. The molecule has 0 spiro atoms. The number of hydrogen-bond donors (Lipinski definition) is 0. The molecular formula is C41H25N3O2. The summed E-state index contributed by atoms with van der Waals surface area (Å²) >= 11 is 0. The van der Waals surface area contributed by atoms with Gasteiger partial charge in [-0.3, -0.25) is 0 Å². The molecule has 0 saturated heterocycles. The van der Waals surface area contributed by atoms with Gasteiger partial charge in [0, 0.05) is 37.0 Å². The van der Waals surface area contributed by atoms with Gasteiger partial charge in [-0.25, -0.2) is 9.97 Å². The predicted molar refractivity (Wildman–Crippen MR) is 187 cm³/mol. The molecular weight excluding hydrogens is 566 g/mol. The molecule has 3 heterocycles. The van der Waals surface area contributed by atoms with Gasteiger partial charge in [0.15, 0.2) is 5.75 Å². The summed E-state index contributed by atoms with van der Waals surface area (Å²) in [6, 6.07) is 43.4. The van der Waals surface area contributed by atoms with Gasteiger partial charge in [0.05, 0.1) is 16.6 Å². The van der Waals surface area contributed by atoms with Crippen LogP contribution in [0, 0.1) is 6.85 Å². The third kappa shape index (κ3) is 3.51. The van der Waals surface area contributed by atoms with Gasteiger partial charge in [-0.2, -0.15) is 0 Å². The number of furan rings is 1. The second-order valence-corrected chi connectivity index (χ2v) is 11.6. The molecule has 0 unspecified atom stereocenters. The molecule has 5 nitrogen and oxygen atoms in total. The van der Waals surface area contributed by atoms with Crippen LogP contribution in [-0.2, 0) is 0 Å². The molecule has 10 rings (SSSR count). The zero-order valence-corrected chi connectivity index (χ0v) is 24.4. The summed E-state index contributed by atoms with van der Waals surface area (Å²) in [6.45, 7) is -2.35. The van der Waals surface area contributed by atoms with Gasteiger partial charge in [0.2, 0.25) is 0 Å². The molecule has 46 heavy (non-hydrogen) atoms. The van der Waals surface area contributed by atoms with Crippen molar-refractivity contribution in [3.8, 4) is 28.1 Å². The fraction of sp³-hybridized carbons (Fsp3) is 0.0244. The number of hydrogen-bond acceptors (Lipinski definition) is 5. The molecule has 0 radical (unpaired) electrons. The van der Waals surface area contributed by atoms with Crippen molar-refractivity contribution in [3.05, 3.63) is 139 Å². The molecule has 0 amide bonds. The predicted octanol–water partition coefficient (Wildman–Crippen LogP) is 10.9. The first-order valence-corrected chi connectivity index (χ1v) is 15.2. The van der Waals surface area contributed by atoms with Crippen molar-refractivity contribution in [2.45, 2.75) is 6.85 Å². The molecule has 7 aromatic carbocycles. The first kappa shape index (κ1) is 22.3. The zero-order chi connectivity index (χ0) is 32.9. The van der Waals surface area contributed by atoms with Crippen LogP contribution >= 0.6 is 0 Å². The third-order valence-electron chi connectivity index (χ3n) is 8.98. The van der Waals surface area contributed by atoms with Crippen molar-refractivity contribution in [2.75, 3.05) is 5.06 Å². The van der Waals surface area contributed by atoms with E-state index in [1.807, 2.05) is 78.9 Å². The molecule has 0 N–H and O–H groups in total. The SMILES string of the molecule is [2H]C([2H])([2H])c1ccccc1-c1nc(N2Oc3cc4ccccc4cc3-c3c2c2c4ccccc4oc2c2ccccc32)nc2ccccc12. The lowest BCUT2D eigenvalue weighted by Gasteiger charge is -2.32. The van der Waals surface area contributed by atoms with Crippen LogP contribution in [0.1, 0.15) is 9.68 Å². The lowest BCUT2D eigenvalue weighted by atomic mass is 9.90. The first-order chi connectivity index (χ1) is 23.9. The summed E-state index contributed by atoms with van der Waals surface area (Å²) in [5.74, 6) is 0.931. The Morgan fingerprint density at radius 2 is 1.33 bits per heavy atom. The van der Waals surface area contributed by atoms with Gasteiger partial charge in [-0.05, 0) is 52.8 Å². The van der Waals surface area contributed by atoms with Crippen LogP contribution < -0.4 is 9.90 Å². The Morgan fingerprint density at radius 1 is 0.630 bits per heavy atom. The van der Waals surface area contributed by atoms with Crippen LogP contribution in [0.25, 0.3) is 76.8 Å². The second-order valence-electron chi connectivity index (χ2n) is 11.6. The molecule has 0 bridgehead atoms. The van der Waals surface area contributed by atoms with Gasteiger partial charge in [-0.15, -0.1) is 5.06 Å². The van der Waals surface area contributed by atoms with E-state index in [0.29, 0.717) is 22.5 Å².